The van der Waals surface area contributed by atoms with Crippen LogP contribution in [0.25, 0.3) is 0 Å². The van der Waals surface area contributed by atoms with Crippen molar-refractivity contribution in [2.24, 2.45) is 11.5 Å². The summed E-state index contributed by atoms with van der Waals surface area (Å²) in [4.78, 5) is 0. The second-order valence-electron chi connectivity index (χ2n) is 3.68. The van der Waals surface area contributed by atoms with Crippen LogP contribution in [0.5, 0.6) is 0 Å². The third kappa shape index (κ3) is 2.83. The highest BCUT2D eigenvalue weighted by atomic mass is 14.7. The van der Waals surface area contributed by atoms with Crippen molar-refractivity contribution in [3.8, 4) is 0 Å². The number of aryl methyl sites for hydroxylation is 1. The lowest BCUT2D eigenvalue weighted by atomic mass is 9.97. The third-order valence-electron chi connectivity index (χ3n) is 2.21. The number of rotatable bonds is 3. The van der Waals surface area contributed by atoms with Gasteiger partial charge in [-0.15, -0.1) is 0 Å². The minimum absolute atomic E-state index is 0.0706. The van der Waals surface area contributed by atoms with Gasteiger partial charge in [-0.25, -0.2) is 0 Å². The molecule has 1 rings (SSSR count). The van der Waals surface area contributed by atoms with Gasteiger partial charge in [-0.05, 0) is 31.4 Å². The summed E-state index contributed by atoms with van der Waals surface area (Å²) in [6.45, 7) is 4.06. The maximum atomic E-state index is 6.02. The fraction of sp³-hybridized carbons (Fsp3) is 0.455. The van der Waals surface area contributed by atoms with Crippen molar-refractivity contribution in [2.45, 2.75) is 32.4 Å². The molecule has 0 saturated heterocycles. The van der Waals surface area contributed by atoms with Crippen LogP contribution >= 0.6 is 0 Å². The van der Waals surface area contributed by atoms with Gasteiger partial charge in [0, 0.05) is 12.1 Å². The molecule has 1 aromatic rings. The Balaban J connectivity index is 2.76. The molecule has 0 saturated carbocycles. The zero-order valence-corrected chi connectivity index (χ0v) is 8.33. The number of hydrogen-bond donors (Lipinski definition) is 2. The van der Waals surface area contributed by atoms with E-state index in [-0.39, 0.29) is 12.1 Å². The van der Waals surface area contributed by atoms with Crippen LogP contribution in [0.4, 0.5) is 0 Å². The SMILES string of the molecule is Cc1ccccc1C(N)CC(C)N. The highest BCUT2D eigenvalue weighted by Gasteiger charge is 2.09. The summed E-state index contributed by atoms with van der Waals surface area (Å²) < 4.78 is 0. The van der Waals surface area contributed by atoms with E-state index in [2.05, 4.69) is 19.1 Å². The van der Waals surface area contributed by atoms with Gasteiger partial charge in [-0.3, -0.25) is 0 Å². The molecule has 0 bridgehead atoms. The zero-order chi connectivity index (χ0) is 9.84. The first kappa shape index (κ1) is 10.2. The minimum Gasteiger partial charge on any atom is -0.328 e. The van der Waals surface area contributed by atoms with Gasteiger partial charge in [0.2, 0.25) is 0 Å². The molecule has 0 aliphatic heterocycles. The second-order valence-corrected chi connectivity index (χ2v) is 3.68. The van der Waals surface area contributed by atoms with E-state index >= 15 is 0 Å². The predicted octanol–water partition coefficient (Wildman–Crippen LogP) is 1.73. The first-order valence-electron chi connectivity index (χ1n) is 4.68. The average Bonchev–Trinajstić information content (AvgIpc) is 2.03. The molecule has 2 nitrogen and oxygen atoms in total. The lowest BCUT2D eigenvalue weighted by Crippen LogP contribution is -2.23. The maximum Gasteiger partial charge on any atom is 0.0312 e. The first-order chi connectivity index (χ1) is 6.11. The Hall–Kier alpha value is -0.860. The number of hydrogen-bond acceptors (Lipinski definition) is 2. The number of benzene rings is 1. The Morgan fingerprint density at radius 2 is 1.85 bits per heavy atom. The lowest BCUT2D eigenvalue weighted by molar-refractivity contribution is 0.566. The van der Waals surface area contributed by atoms with Crippen LogP contribution in [0, 0.1) is 6.92 Å². The molecule has 0 radical (unpaired) electrons. The van der Waals surface area contributed by atoms with E-state index in [1.165, 1.54) is 11.1 Å². The molecule has 0 fully saturated rings. The van der Waals surface area contributed by atoms with Gasteiger partial charge in [-0.2, -0.15) is 0 Å². The van der Waals surface area contributed by atoms with Crippen LogP contribution in [0.15, 0.2) is 24.3 Å². The van der Waals surface area contributed by atoms with Crippen LogP contribution in [-0.4, -0.2) is 6.04 Å². The Labute approximate surface area is 79.9 Å². The summed E-state index contributed by atoms with van der Waals surface area (Å²) in [6.07, 6.45) is 0.838. The van der Waals surface area contributed by atoms with Crippen molar-refractivity contribution in [3.05, 3.63) is 35.4 Å². The Morgan fingerprint density at radius 1 is 1.23 bits per heavy atom. The van der Waals surface area contributed by atoms with Gasteiger partial charge >= 0.3 is 0 Å². The van der Waals surface area contributed by atoms with Crippen molar-refractivity contribution in [1.82, 2.24) is 0 Å². The van der Waals surface area contributed by atoms with Crippen LogP contribution in [-0.2, 0) is 0 Å². The number of nitrogens with two attached hydrogens (primary N) is 2. The van der Waals surface area contributed by atoms with E-state index in [9.17, 15) is 0 Å². The molecule has 13 heavy (non-hydrogen) atoms. The summed E-state index contributed by atoms with van der Waals surface area (Å²) in [5.41, 5.74) is 14.2. The molecule has 2 heteroatoms. The summed E-state index contributed by atoms with van der Waals surface area (Å²) in [5, 5.41) is 0. The van der Waals surface area contributed by atoms with E-state index in [1.807, 2.05) is 19.1 Å². The normalized spacial score (nSPS) is 15.4. The van der Waals surface area contributed by atoms with Crippen molar-refractivity contribution in [3.63, 3.8) is 0 Å². The molecule has 2 atom stereocenters. The predicted molar refractivity (Wildman–Crippen MR) is 56.4 cm³/mol. The quantitative estimate of drug-likeness (QED) is 0.740. The largest absolute Gasteiger partial charge is 0.328 e. The van der Waals surface area contributed by atoms with Gasteiger partial charge in [-0.1, -0.05) is 24.3 Å². The molecular formula is C11H18N2. The fourth-order valence-electron chi connectivity index (χ4n) is 1.53. The Bertz CT molecular complexity index is 269. The summed E-state index contributed by atoms with van der Waals surface area (Å²) in [5.74, 6) is 0. The lowest BCUT2D eigenvalue weighted by Gasteiger charge is -2.16. The molecule has 0 aliphatic carbocycles. The van der Waals surface area contributed by atoms with Crippen molar-refractivity contribution in [1.29, 1.82) is 0 Å². The monoisotopic (exact) mass is 178 g/mol. The first-order valence-corrected chi connectivity index (χ1v) is 4.68. The van der Waals surface area contributed by atoms with Crippen molar-refractivity contribution >= 4 is 0 Å². The molecule has 0 aliphatic rings. The van der Waals surface area contributed by atoms with Crippen LogP contribution in [0.1, 0.15) is 30.5 Å². The summed E-state index contributed by atoms with van der Waals surface area (Å²) in [6, 6.07) is 8.43. The van der Waals surface area contributed by atoms with E-state index in [4.69, 9.17) is 11.5 Å². The van der Waals surface area contributed by atoms with Gasteiger partial charge in [0.25, 0.3) is 0 Å². The highest BCUT2D eigenvalue weighted by Crippen LogP contribution is 2.18. The van der Waals surface area contributed by atoms with Gasteiger partial charge < -0.3 is 11.5 Å². The highest BCUT2D eigenvalue weighted by molar-refractivity contribution is 5.28. The Morgan fingerprint density at radius 3 is 2.38 bits per heavy atom. The van der Waals surface area contributed by atoms with E-state index in [0.717, 1.165) is 6.42 Å². The molecule has 0 amide bonds. The molecule has 72 valence electrons. The average molecular weight is 178 g/mol. The molecule has 2 unspecified atom stereocenters. The van der Waals surface area contributed by atoms with E-state index < -0.39 is 0 Å². The van der Waals surface area contributed by atoms with Gasteiger partial charge in [0.05, 0.1) is 0 Å². The zero-order valence-electron chi connectivity index (χ0n) is 8.33. The smallest absolute Gasteiger partial charge is 0.0312 e. The topological polar surface area (TPSA) is 52.0 Å². The molecule has 4 N–H and O–H groups in total. The molecular weight excluding hydrogens is 160 g/mol. The standard InChI is InChI=1S/C11H18N2/c1-8-5-3-4-6-10(8)11(13)7-9(2)12/h3-6,9,11H,7,12-13H2,1-2H3. The van der Waals surface area contributed by atoms with Gasteiger partial charge in [0.1, 0.15) is 0 Å². The van der Waals surface area contributed by atoms with Crippen LogP contribution < -0.4 is 11.5 Å². The maximum absolute atomic E-state index is 6.02. The third-order valence-corrected chi connectivity index (χ3v) is 2.21. The molecule has 0 heterocycles. The molecule has 0 spiro atoms. The molecule has 0 aromatic heterocycles. The van der Waals surface area contributed by atoms with Crippen molar-refractivity contribution < 1.29 is 0 Å². The fourth-order valence-corrected chi connectivity index (χ4v) is 1.53. The van der Waals surface area contributed by atoms with Crippen molar-refractivity contribution in [2.75, 3.05) is 0 Å². The van der Waals surface area contributed by atoms with Crippen LogP contribution in [0.3, 0.4) is 0 Å². The van der Waals surface area contributed by atoms with E-state index in [0.29, 0.717) is 0 Å². The second kappa shape index (κ2) is 4.40. The summed E-state index contributed by atoms with van der Waals surface area (Å²) in [7, 11) is 0. The van der Waals surface area contributed by atoms with Crippen LogP contribution in [0.2, 0.25) is 0 Å². The van der Waals surface area contributed by atoms with Gasteiger partial charge in [0.15, 0.2) is 0 Å². The van der Waals surface area contributed by atoms with E-state index in [1.54, 1.807) is 0 Å². The minimum atomic E-state index is 0.0706. The Kier molecular flexibility index (Phi) is 3.46. The molecule has 1 aromatic carbocycles. The summed E-state index contributed by atoms with van der Waals surface area (Å²) >= 11 is 0.